The van der Waals surface area contributed by atoms with Crippen molar-refractivity contribution >= 4 is 23.3 Å². The molecule has 0 bridgehead atoms. The molecule has 0 aliphatic rings. The zero-order valence-electron chi connectivity index (χ0n) is 13.2. The molecule has 0 spiro atoms. The highest BCUT2D eigenvalue weighted by Crippen LogP contribution is 2.18. The van der Waals surface area contributed by atoms with Crippen molar-refractivity contribution in [3.8, 4) is 0 Å². The SMILES string of the molecule is C(=C\c1nc2cccnc2n1Cc1ccccc1)/c1ccccc1. The maximum atomic E-state index is 4.74. The van der Waals surface area contributed by atoms with Crippen LogP contribution in [0.3, 0.4) is 0 Å². The van der Waals surface area contributed by atoms with Gasteiger partial charge in [-0.15, -0.1) is 0 Å². The molecule has 24 heavy (non-hydrogen) atoms. The van der Waals surface area contributed by atoms with Gasteiger partial charge in [-0.2, -0.15) is 0 Å². The summed E-state index contributed by atoms with van der Waals surface area (Å²) in [6.45, 7) is 0.753. The Kier molecular flexibility index (Phi) is 3.90. The molecule has 2 heterocycles. The van der Waals surface area contributed by atoms with Crippen molar-refractivity contribution in [2.45, 2.75) is 6.54 Å². The lowest BCUT2D eigenvalue weighted by Gasteiger charge is -2.06. The molecule has 0 atom stereocenters. The average molecular weight is 311 g/mol. The van der Waals surface area contributed by atoms with E-state index in [1.807, 2.05) is 42.6 Å². The van der Waals surface area contributed by atoms with E-state index in [0.29, 0.717) is 0 Å². The van der Waals surface area contributed by atoms with Crippen LogP contribution < -0.4 is 0 Å². The van der Waals surface area contributed by atoms with Crippen LogP contribution in [0.4, 0.5) is 0 Å². The Morgan fingerprint density at radius 3 is 2.33 bits per heavy atom. The number of pyridine rings is 1. The second kappa shape index (κ2) is 6.50. The lowest BCUT2D eigenvalue weighted by atomic mass is 10.2. The predicted molar refractivity (Wildman–Crippen MR) is 98.4 cm³/mol. The number of benzene rings is 2. The van der Waals surface area contributed by atoms with Crippen LogP contribution in [0.1, 0.15) is 17.0 Å². The molecule has 0 aliphatic carbocycles. The van der Waals surface area contributed by atoms with Crippen LogP contribution in [0.5, 0.6) is 0 Å². The molecule has 2 aromatic heterocycles. The third kappa shape index (κ3) is 2.97. The van der Waals surface area contributed by atoms with Gasteiger partial charge in [0.1, 0.15) is 11.3 Å². The van der Waals surface area contributed by atoms with Gasteiger partial charge in [-0.25, -0.2) is 9.97 Å². The fourth-order valence-corrected chi connectivity index (χ4v) is 2.76. The number of imidazole rings is 1. The molecular formula is C21H17N3. The average Bonchev–Trinajstić information content (AvgIpc) is 2.99. The Hall–Kier alpha value is -3.20. The van der Waals surface area contributed by atoms with E-state index in [2.05, 4.69) is 58.1 Å². The Bertz CT molecular complexity index is 970. The Morgan fingerprint density at radius 2 is 1.54 bits per heavy atom. The molecule has 0 N–H and O–H groups in total. The number of fused-ring (bicyclic) bond motifs is 1. The van der Waals surface area contributed by atoms with E-state index in [4.69, 9.17) is 4.98 Å². The minimum absolute atomic E-state index is 0.753. The molecule has 2 aromatic carbocycles. The van der Waals surface area contributed by atoms with Gasteiger partial charge in [-0.1, -0.05) is 66.7 Å². The fraction of sp³-hybridized carbons (Fsp3) is 0.0476. The van der Waals surface area contributed by atoms with Gasteiger partial charge < -0.3 is 4.57 Å². The van der Waals surface area contributed by atoms with Gasteiger partial charge in [0.15, 0.2) is 5.65 Å². The van der Waals surface area contributed by atoms with Crippen molar-refractivity contribution in [2.24, 2.45) is 0 Å². The minimum atomic E-state index is 0.753. The molecule has 0 unspecified atom stereocenters. The normalized spacial score (nSPS) is 11.3. The highest BCUT2D eigenvalue weighted by molar-refractivity contribution is 5.76. The van der Waals surface area contributed by atoms with E-state index < -0.39 is 0 Å². The summed E-state index contributed by atoms with van der Waals surface area (Å²) in [7, 11) is 0. The van der Waals surface area contributed by atoms with E-state index >= 15 is 0 Å². The second-order valence-corrected chi connectivity index (χ2v) is 5.63. The summed E-state index contributed by atoms with van der Waals surface area (Å²) in [6, 6.07) is 24.6. The Balaban J connectivity index is 1.77. The summed E-state index contributed by atoms with van der Waals surface area (Å²) in [5.41, 5.74) is 4.22. The monoisotopic (exact) mass is 311 g/mol. The van der Waals surface area contributed by atoms with Crippen molar-refractivity contribution in [3.63, 3.8) is 0 Å². The van der Waals surface area contributed by atoms with Crippen LogP contribution in [0.15, 0.2) is 79.0 Å². The zero-order chi connectivity index (χ0) is 16.2. The van der Waals surface area contributed by atoms with Crippen LogP contribution >= 0.6 is 0 Å². The number of hydrogen-bond acceptors (Lipinski definition) is 2. The lowest BCUT2D eigenvalue weighted by molar-refractivity contribution is 0.804. The van der Waals surface area contributed by atoms with Crippen molar-refractivity contribution in [1.29, 1.82) is 0 Å². The highest BCUT2D eigenvalue weighted by Gasteiger charge is 2.09. The van der Waals surface area contributed by atoms with E-state index in [1.54, 1.807) is 0 Å². The lowest BCUT2D eigenvalue weighted by Crippen LogP contribution is -2.02. The van der Waals surface area contributed by atoms with Crippen LogP contribution in [-0.2, 0) is 6.54 Å². The maximum absolute atomic E-state index is 4.74. The van der Waals surface area contributed by atoms with Crippen LogP contribution in [0.2, 0.25) is 0 Å². The molecule has 3 nitrogen and oxygen atoms in total. The molecule has 116 valence electrons. The van der Waals surface area contributed by atoms with Gasteiger partial charge in [0.2, 0.25) is 0 Å². The maximum Gasteiger partial charge on any atom is 0.160 e. The van der Waals surface area contributed by atoms with Gasteiger partial charge >= 0.3 is 0 Å². The molecule has 0 saturated carbocycles. The van der Waals surface area contributed by atoms with E-state index in [9.17, 15) is 0 Å². The summed E-state index contributed by atoms with van der Waals surface area (Å²) < 4.78 is 2.16. The third-order valence-electron chi connectivity index (χ3n) is 3.94. The molecule has 3 heteroatoms. The van der Waals surface area contributed by atoms with Gasteiger partial charge in [0.25, 0.3) is 0 Å². The molecule has 0 fully saturated rings. The van der Waals surface area contributed by atoms with Gasteiger partial charge in [-0.3, -0.25) is 0 Å². The molecule has 4 rings (SSSR count). The second-order valence-electron chi connectivity index (χ2n) is 5.63. The Labute approximate surface area is 140 Å². The van der Waals surface area contributed by atoms with Crippen LogP contribution in [-0.4, -0.2) is 14.5 Å². The molecule has 0 aliphatic heterocycles. The number of nitrogens with zero attached hydrogens (tertiary/aromatic N) is 3. The largest absolute Gasteiger partial charge is 0.305 e. The fourth-order valence-electron chi connectivity index (χ4n) is 2.76. The first-order valence-corrected chi connectivity index (χ1v) is 7.98. The quantitative estimate of drug-likeness (QED) is 0.549. The van der Waals surface area contributed by atoms with E-state index in [1.165, 1.54) is 5.56 Å². The summed E-state index contributed by atoms with van der Waals surface area (Å²) in [4.78, 5) is 9.26. The Morgan fingerprint density at radius 1 is 0.792 bits per heavy atom. The van der Waals surface area contributed by atoms with Gasteiger partial charge in [0.05, 0.1) is 6.54 Å². The van der Waals surface area contributed by atoms with Crippen molar-refractivity contribution in [3.05, 3.63) is 95.9 Å². The van der Waals surface area contributed by atoms with E-state index in [-0.39, 0.29) is 0 Å². The highest BCUT2D eigenvalue weighted by atomic mass is 15.1. The third-order valence-corrected chi connectivity index (χ3v) is 3.94. The first-order chi connectivity index (χ1) is 11.9. The summed E-state index contributed by atoms with van der Waals surface area (Å²) >= 11 is 0. The number of rotatable bonds is 4. The molecule has 0 amide bonds. The van der Waals surface area contributed by atoms with Crippen LogP contribution in [0.25, 0.3) is 23.3 Å². The number of aromatic nitrogens is 3. The number of hydrogen-bond donors (Lipinski definition) is 0. The zero-order valence-corrected chi connectivity index (χ0v) is 13.2. The van der Waals surface area contributed by atoms with Crippen molar-refractivity contribution in [2.75, 3.05) is 0 Å². The van der Waals surface area contributed by atoms with Crippen molar-refractivity contribution in [1.82, 2.24) is 14.5 Å². The molecule has 4 aromatic rings. The smallest absolute Gasteiger partial charge is 0.160 e. The summed E-state index contributed by atoms with van der Waals surface area (Å²) in [5, 5.41) is 0. The minimum Gasteiger partial charge on any atom is -0.305 e. The van der Waals surface area contributed by atoms with Crippen molar-refractivity contribution < 1.29 is 0 Å². The first kappa shape index (κ1) is 14.4. The summed E-state index contributed by atoms with van der Waals surface area (Å²) in [5.74, 6) is 0.913. The standard InChI is InChI=1S/C21H17N3/c1-3-8-17(9-4-1)13-14-20-23-19-12-7-15-22-21(19)24(20)16-18-10-5-2-6-11-18/h1-15H,16H2/b14-13+. The van der Waals surface area contributed by atoms with Gasteiger partial charge in [-0.05, 0) is 29.3 Å². The van der Waals surface area contributed by atoms with E-state index in [0.717, 1.165) is 29.1 Å². The summed E-state index contributed by atoms with van der Waals surface area (Å²) in [6.07, 6.45) is 5.96. The molecule has 0 radical (unpaired) electrons. The topological polar surface area (TPSA) is 30.7 Å². The van der Waals surface area contributed by atoms with Crippen LogP contribution in [0, 0.1) is 0 Å². The first-order valence-electron chi connectivity index (χ1n) is 7.98. The van der Waals surface area contributed by atoms with Gasteiger partial charge in [0, 0.05) is 6.20 Å². The predicted octanol–water partition coefficient (Wildman–Crippen LogP) is 4.65. The molecular weight excluding hydrogens is 294 g/mol. The molecule has 0 saturated heterocycles.